The van der Waals surface area contributed by atoms with Gasteiger partial charge in [-0.05, 0) is 18.6 Å². The fourth-order valence-electron chi connectivity index (χ4n) is 2.00. The van der Waals surface area contributed by atoms with Crippen molar-refractivity contribution in [3.63, 3.8) is 0 Å². The molecule has 3 nitrogen and oxygen atoms in total. The van der Waals surface area contributed by atoms with Crippen LogP contribution in [-0.2, 0) is 0 Å². The summed E-state index contributed by atoms with van der Waals surface area (Å²) in [4.78, 5) is 11.0. The molecular formula is C16H24O3. The van der Waals surface area contributed by atoms with E-state index < -0.39 is 0 Å². The lowest BCUT2D eigenvalue weighted by atomic mass is 10.1. The molecule has 0 saturated heterocycles. The van der Waals surface area contributed by atoms with E-state index in [1.54, 1.807) is 19.2 Å². The second kappa shape index (κ2) is 9.42. The predicted octanol–water partition coefficient (Wildman–Crippen LogP) is 4.25. The number of ether oxygens (including phenoxy) is 2. The molecule has 0 saturated carbocycles. The van der Waals surface area contributed by atoms with E-state index in [4.69, 9.17) is 9.47 Å². The van der Waals surface area contributed by atoms with E-state index in [2.05, 4.69) is 6.92 Å². The van der Waals surface area contributed by atoms with Gasteiger partial charge >= 0.3 is 0 Å². The van der Waals surface area contributed by atoms with Crippen molar-refractivity contribution >= 4 is 6.29 Å². The van der Waals surface area contributed by atoms with Gasteiger partial charge in [-0.2, -0.15) is 0 Å². The minimum atomic E-state index is 0.547. The maximum Gasteiger partial charge on any atom is 0.171 e. The summed E-state index contributed by atoms with van der Waals surface area (Å²) >= 11 is 0. The second-order valence-corrected chi connectivity index (χ2v) is 4.61. The summed E-state index contributed by atoms with van der Waals surface area (Å²) in [6.45, 7) is 2.85. The van der Waals surface area contributed by atoms with Crippen LogP contribution in [0.15, 0.2) is 18.2 Å². The molecule has 0 aromatic heterocycles. The molecule has 0 N–H and O–H groups in total. The molecule has 0 fully saturated rings. The summed E-state index contributed by atoms with van der Waals surface area (Å²) in [5.74, 6) is 1.18. The molecule has 0 bridgehead atoms. The number of hydrogen-bond donors (Lipinski definition) is 0. The van der Waals surface area contributed by atoms with Crippen LogP contribution in [0.1, 0.15) is 55.8 Å². The molecule has 0 aliphatic rings. The molecule has 0 radical (unpaired) electrons. The summed E-state index contributed by atoms with van der Waals surface area (Å²) in [5, 5.41) is 0. The van der Waals surface area contributed by atoms with Crippen LogP contribution in [0, 0.1) is 0 Å². The first kappa shape index (κ1) is 15.5. The first-order chi connectivity index (χ1) is 9.33. The highest BCUT2D eigenvalue weighted by molar-refractivity contribution is 5.81. The van der Waals surface area contributed by atoms with Crippen molar-refractivity contribution in [1.29, 1.82) is 0 Å². The first-order valence-corrected chi connectivity index (χ1v) is 7.08. The smallest absolute Gasteiger partial charge is 0.171 e. The molecule has 1 aromatic rings. The van der Waals surface area contributed by atoms with E-state index >= 15 is 0 Å². The third-order valence-corrected chi connectivity index (χ3v) is 3.10. The van der Waals surface area contributed by atoms with Gasteiger partial charge in [-0.15, -0.1) is 0 Å². The number of para-hydroxylation sites is 1. The molecule has 19 heavy (non-hydrogen) atoms. The molecule has 0 aliphatic heterocycles. The predicted molar refractivity (Wildman–Crippen MR) is 77.3 cm³/mol. The Balaban J connectivity index is 2.38. The number of aldehydes is 1. The van der Waals surface area contributed by atoms with Crippen LogP contribution < -0.4 is 9.47 Å². The summed E-state index contributed by atoms with van der Waals surface area (Å²) in [7, 11) is 1.58. The summed E-state index contributed by atoms with van der Waals surface area (Å²) < 4.78 is 10.9. The molecule has 0 spiro atoms. The first-order valence-electron chi connectivity index (χ1n) is 7.08. The van der Waals surface area contributed by atoms with Crippen molar-refractivity contribution in [2.75, 3.05) is 13.7 Å². The lowest BCUT2D eigenvalue weighted by molar-refractivity contribution is 0.111. The van der Waals surface area contributed by atoms with Gasteiger partial charge in [0.15, 0.2) is 17.8 Å². The van der Waals surface area contributed by atoms with Crippen molar-refractivity contribution in [2.45, 2.75) is 45.4 Å². The number of unbranched alkanes of at least 4 members (excludes halogenated alkanes) is 5. The van der Waals surface area contributed by atoms with Crippen LogP contribution >= 0.6 is 0 Å². The molecule has 1 aromatic carbocycles. The van der Waals surface area contributed by atoms with E-state index in [9.17, 15) is 4.79 Å². The Bertz CT molecular complexity index is 374. The van der Waals surface area contributed by atoms with E-state index in [-0.39, 0.29) is 0 Å². The average Bonchev–Trinajstić information content (AvgIpc) is 2.46. The lowest BCUT2D eigenvalue weighted by Crippen LogP contribution is -2.02. The standard InChI is InChI=1S/C16H24O3/c1-3-4-5-6-7-8-12-19-16-14(13-17)10-9-11-15(16)18-2/h9-11,13H,3-8,12H2,1-2H3. The fraction of sp³-hybridized carbons (Fsp3) is 0.562. The summed E-state index contributed by atoms with van der Waals surface area (Å²) in [6, 6.07) is 5.34. The van der Waals surface area contributed by atoms with Crippen LogP contribution in [0.25, 0.3) is 0 Å². The topological polar surface area (TPSA) is 35.5 Å². The lowest BCUT2D eigenvalue weighted by Gasteiger charge is -2.12. The Hall–Kier alpha value is -1.51. The zero-order valence-corrected chi connectivity index (χ0v) is 12.0. The number of hydrogen-bond acceptors (Lipinski definition) is 3. The minimum Gasteiger partial charge on any atom is -0.493 e. The van der Waals surface area contributed by atoms with Crippen molar-refractivity contribution < 1.29 is 14.3 Å². The van der Waals surface area contributed by atoms with Gasteiger partial charge in [0, 0.05) is 0 Å². The number of benzene rings is 1. The molecule has 0 heterocycles. The number of carbonyl (C=O) groups excluding carboxylic acids is 1. The quantitative estimate of drug-likeness (QED) is 0.468. The van der Waals surface area contributed by atoms with Gasteiger partial charge < -0.3 is 9.47 Å². The number of methoxy groups -OCH3 is 1. The third-order valence-electron chi connectivity index (χ3n) is 3.10. The SMILES string of the molecule is CCCCCCCCOc1c(C=O)cccc1OC. The van der Waals surface area contributed by atoms with E-state index in [0.29, 0.717) is 23.7 Å². The van der Waals surface area contributed by atoms with Crippen LogP contribution in [-0.4, -0.2) is 20.0 Å². The van der Waals surface area contributed by atoms with Gasteiger partial charge in [0.1, 0.15) is 0 Å². The van der Waals surface area contributed by atoms with Gasteiger partial charge in [-0.25, -0.2) is 0 Å². The van der Waals surface area contributed by atoms with Crippen LogP contribution in [0.5, 0.6) is 11.5 Å². The van der Waals surface area contributed by atoms with Gasteiger partial charge in [0.2, 0.25) is 0 Å². The molecule has 0 unspecified atom stereocenters. The van der Waals surface area contributed by atoms with Crippen molar-refractivity contribution in [2.24, 2.45) is 0 Å². The Morgan fingerprint density at radius 3 is 2.53 bits per heavy atom. The summed E-state index contributed by atoms with van der Waals surface area (Å²) in [5.41, 5.74) is 0.547. The van der Waals surface area contributed by atoms with Crippen molar-refractivity contribution in [3.8, 4) is 11.5 Å². The minimum absolute atomic E-state index is 0.547. The maximum atomic E-state index is 11.0. The molecule has 0 aliphatic carbocycles. The second-order valence-electron chi connectivity index (χ2n) is 4.61. The van der Waals surface area contributed by atoms with E-state index in [1.165, 1.54) is 32.1 Å². The highest BCUT2D eigenvalue weighted by Gasteiger charge is 2.09. The number of carbonyl (C=O) groups is 1. The number of rotatable bonds is 10. The van der Waals surface area contributed by atoms with E-state index in [0.717, 1.165) is 12.7 Å². The third kappa shape index (κ3) is 5.33. The van der Waals surface area contributed by atoms with Gasteiger partial charge in [0.05, 0.1) is 19.3 Å². The maximum absolute atomic E-state index is 11.0. The van der Waals surface area contributed by atoms with Crippen LogP contribution in [0.4, 0.5) is 0 Å². The van der Waals surface area contributed by atoms with Gasteiger partial charge in [-0.3, -0.25) is 4.79 Å². The fourth-order valence-corrected chi connectivity index (χ4v) is 2.00. The molecule has 3 heteroatoms. The van der Waals surface area contributed by atoms with Crippen molar-refractivity contribution in [1.82, 2.24) is 0 Å². The summed E-state index contributed by atoms with van der Waals surface area (Å²) in [6.07, 6.45) is 8.11. The average molecular weight is 264 g/mol. The normalized spacial score (nSPS) is 10.2. The van der Waals surface area contributed by atoms with Gasteiger partial charge in [-0.1, -0.05) is 45.1 Å². The molecule has 106 valence electrons. The van der Waals surface area contributed by atoms with Crippen LogP contribution in [0.2, 0.25) is 0 Å². The Labute approximate surface area is 115 Å². The highest BCUT2D eigenvalue weighted by Crippen LogP contribution is 2.30. The molecule has 0 atom stereocenters. The van der Waals surface area contributed by atoms with Gasteiger partial charge in [0.25, 0.3) is 0 Å². The monoisotopic (exact) mass is 264 g/mol. The molecule has 1 rings (SSSR count). The Morgan fingerprint density at radius 1 is 1.11 bits per heavy atom. The zero-order valence-electron chi connectivity index (χ0n) is 12.0. The molecular weight excluding hydrogens is 240 g/mol. The Kier molecular flexibility index (Phi) is 7.71. The Morgan fingerprint density at radius 2 is 1.84 bits per heavy atom. The largest absolute Gasteiger partial charge is 0.493 e. The van der Waals surface area contributed by atoms with E-state index in [1.807, 2.05) is 6.07 Å². The van der Waals surface area contributed by atoms with Crippen molar-refractivity contribution in [3.05, 3.63) is 23.8 Å². The molecule has 0 amide bonds. The highest BCUT2D eigenvalue weighted by atomic mass is 16.5. The zero-order chi connectivity index (χ0) is 13.9. The van der Waals surface area contributed by atoms with Crippen LogP contribution in [0.3, 0.4) is 0 Å².